The summed E-state index contributed by atoms with van der Waals surface area (Å²) in [6.45, 7) is 9.21. The van der Waals surface area contributed by atoms with Gasteiger partial charge >= 0.3 is 23.5 Å². The molecule has 4 aromatic rings. The Bertz CT molecular complexity index is 3520. The normalized spacial score (nSPS) is 26.3. The first-order chi connectivity index (χ1) is 37.4. The third-order valence-electron chi connectivity index (χ3n) is 15.2. The number of ether oxygens (including phenoxy) is 1. The largest absolute Gasteiger partial charge is 0.490 e. The van der Waals surface area contributed by atoms with Crippen molar-refractivity contribution in [2.24, 2.45) is 5.92 Å². The number of phosphoric acid groups is 3. The summed E-state index contributed by atoms with van der Waals surface area (Å²) < 4.78 is 126. The highest BCUT2D eigenvalue weighted by molar-refractivity contribution is 7.86. The zero-order valence-corrected chi connectivity index (χ0v) is 48.1. The lowest BCUT2D eigenvalue weighted by atomic mass is 9.57. The number of rotatable bonds is 25. The number of aliphatic hydroxyl groups is 2. The average molecular weight is 1220 g/mol. The Morgan fingerprint density at radius 1 is 0.825 bits per heavy atom. The van der Waals surface area contributed by atoms with Gasteiger partial charge in [0.2, 0.25) is 11.6 Å². The monoisotopic (exact) mass is 1220 g/mol. The van der Waals surface area contributed by atoms with Gasteiger partial charge in [-0.2, -0.15) is 30.0 Å². The first-order valence-electron chi connectivity index (χ1n) is 25.4. The number of aliphatic hydroxyl groups excluding tert-OH is 2. The second-order valence-electron chi connectivity index (χ2n) is 20.1. The number of nitrogens with one attached hydrogen (secondary N) is 2. The second kappa shape index (κ2) is 23.5. The number of unbranched alkanes of at least 4 members (excludes halogenated alkanes) is 5. The van der Waals surface area contributed by atoms with E-state index in [4.69, 9.17) is 14.5 Å². The van der Waals surface area contributed by atoms with Crippen LogP contribution in [-0.2, 0) is 67.4 Å². The fourth-order valence-electron chi connectivity index (χ4n) is 11.2. The van der Waals surface area contributed by atoms with Crippen molar-refractivity contribution in [2.75, 3.05) is 43.0 Å². The van der Waals surface area contributed by atoms with Gasteiger partial charge < -0.3 is 50.1 Å². The fraction of sp³-hybridized carbons (Fsp3) is 0.511. The van der Waals surface area contributed by atoms with Crippen LogP contribution in [0.3, 0.4) is 0 Å². The van der Waals surface area contributed by atoms with Crippen molar-refractivity contribution in [1.82, 2.24) is 24.8 Å². The second-order valence-corrected chi connectivity index (χ2v) is 27.4. The molecule has 0 bridgehead atoms. The van der Waals surface area contributed by atoms with E-state index in [0.717, 1.165) is 48.5 Å². The standard InChI is InChI=1S/C47H63N8O20P3S2/c1-5-53-34-19-17-30(79(66,67)68)24-32(34)46(3)29(2)47(4)33-25-31(80(69,70)71)18-20-35(33)54(38(47)15-13-14-37(46)53)23-12-8-9-16-39(56)48-21-10-6-7-11-22-49-43-40-44(51-27-50-43)55(28-52-40)45-42(58)41(57)36(73-45)26-72-77(62,63)75-78(64,65)74-76(59,60)61/h13-15,17-20,24-25,27-29,36,41-42,45,57-58H,5-12,16,21-23,26H2,1-4H3,(H7-,48,49,50,51,56,59,60,61,62,63,64,65,66,67,68,69,70,71)/p+1/t29?,36-,41-,42-,45-,46?,47?/m1/s1. The van der Waals surface area contributed by atoms with Gasteiger partial charge in [0.1, 0.15) is 31.2 Å². The Balaban J connectivity index is 0.798. The van der Waals surface area contributed by atoms with Crippen molar-refractivity contribution in [3.8, 4) is 0 Å². The van der Waals surface area contributed by atoms with Crippen LogP contribution in [-0.4, -0.2) is 143 Å². The van der Waals surface area contributed by atoms with Crippen LogP contribution in [0.2, 0.25) is 0 Å². The molecule has 4 aliphatic rings. The smallest absolute Gasteiger partial charge is 0.387 e. The van der Waals surface area contributed by atoms with Gasteiger partial charge in [0.05, 0.1) is 28.1 Å². The molecule has 1 fully saturated rings. The van der Waals surface area contributed by atoms with E-state index in [1.807, 2.05) is 39.0 Å². The van der Waals surface area contributed by atoms with Crippen LogP contribution in [0.15, 0.2) is 82.8 Å². The molecule has 1 amide bonds. The number of carbonyl (C=O) groups is 1. The van der Waals surface area contributed by atoms with Gasteiger partial charge in [-0.25, -0.2) is 28.6 Å². The van der Waals surface area contributed by atoms with Gasteiger partial charge in [-0.1, -0.05) is 25.8 Å². The number of benzene rings is 2. The number of phosphoric ester groups is 1. The van der Waals surface area contributed by atoms with E-state index in [1.165, 1.54) is 41.5 Å². The molecule has 438 valence electrons. The minimum Gasteiger partial charge on any atom is -0.387 e. The fourth-order valence-corrected chi connectivity index (χ4v) is 15.2. The summed E-state index contributed by atoms with van der Waals surface area (Å²) >= 11 is 0. The lowest BCUT2D eigenvalue weighted by Gasteiger charge is -2.44. The third-order valence-corrected chi connectivity index (χ3v) is 20.7. The molecule has 3 aliphatic heterocycles. The van der Waals surface area contributed by atoms with Crippen LogP contribution in [0, 0.1) is 5.92 Å². The molecule has 5 unspecified atom stereocenters. The Kier molecular flexibility index (Phi) is 18.1. The minimum atomic E-state index is -5.79. The van der Waals surface area contributed by atoms with Crippen molar-refractivity contribution in [2.45, 2.75) is 124 Å². The number of anilines is 2. The van der Waals surface area contributed by atoms with E-state index in [1.54, 1.807) is 12.1 Å². The zero-order valence-electron chi connectivity index (χ0n) is 43.7. The number of nitrogens with zero attached hydrogens (tertiary/aromatic N) is 6. The van der Waals surface area contributed by atoms with Crippen LogP contribution in [0.4, 0.5) is 17.2 Å². The molecular weight excluding hydrogens is 1150 g/mol. The summed E-state index contributed by atoms with van der Waals surface area (Å²) in [4.78, 5) is 63.9. The van der Waals surface area contributed by atoms with E-state index in [2.05, 4.69) is 55.1 Å². The maximum absolute atomic E-state index is 12.9. The molecule has 0 spiro atoms. The van der Waals surface area contributed by atoms with Crippen LogP contribution in [0.25, 0.3) is 11.2 Å². The van der Waals surface area contributed by atoms with Gasteiger partial charge in [0.25, 0.3) is 20.2 Å². The number of amides is 1. The van der Waals surface area contributed by atoms with Gasteiger partial charge in [-0.3, -0.25) is 23.0 Å². The topological polar surface area (TPSA) is 409 Å². The van der Waals surface area contributed by atoms with Crippen molar-refractivity contribution >= 4 is 83.7 Å². The number of hydrogen-bond acceptors (Lipinski definition) is 19. The van der Waals surface area contributed by atoms with Crippen LogP contribution >= 0.6 is 23.5 Å². The summed E-state index contributed by atoms with van der Waals surface area (Å²) in [5.41, 5.74) is 3.50. The summed E-state index contributed by atoms with van der Waals surface area (Å²) in [7, 11) is -26.1. The number of hydrogen-bond donors (Lipinski definition) is 10. The summed E-state index contributed by atoms with van der Waals surface area (Å²) in [5, 5.41) is 27.6. The Morgan fingerprint density at radius 2 is 1.49 bits per heavy atom. The predicted molar refractivity (Wildman–Crippen MR) is 286 cm³/mol. The van der Waals surface area contributed by atoms with Gasteiger partial charge in [-0.15, -0.1) is 0 Å². The molecule has 9 atom stereocenters. The number of aromatic nitrogens is 4. The van der Waals surface area contributed by atoms with Gasteiger partial charge in [0.15, 0.2) is 28.9 Å². The van der Waals surface area contributed by atoms with E-state index in [0.29, 0.717) is 68.8 Å². The van der Waals surface area contributed by atoms with Gasteiger partial charge in [-0.05, 0) is 94.3 Å². The molecule has 5 heterocycles. The molecule has 1 saturated heterocycles. The highest BCUT2D eigenvalue weighted by Gasteiger charge is 2.61. The van der Waals surface area contributed by atoms with Gasteiger partial charge in [0, 0.05) is 67.0 Å². The quantitative estimate of drug-likeness (QED) is 0.0183. The molecule has 0 saturated carbocycles. The van der Waals surface area contributed by atoms with Crippen LogP contribution < -0.4 is 15.5 Å². The molecule has 0 radical (unpaired) electrons. The molecule has 1 aliphatic carbocycles. The summed E-state index contributed by atoms with van der Waals surface area (Å²) in [6, 6.07) is 9.20. The number of likely N-dealkylation sites (N-methyl/N-ethyl adjacent to an activating group) is 1. The van der Waals surface area contributed by atoms with Crippen LogP contribution in [0.5, 0.6) is 0 Å². The SMILES string of the molecule is CCN1/C2=C/C=C/C3=[N+](CCCCCC(=O)NCCCCCCNc4ncnc5c4ncn5[C@@H]4O[C@H](COP(=O)(O)OP(=O)(O)OP(=O)(O)O)[C@@H](O)[C@H]4O)c4ccc(S(=O)(=O)O)cc4C3(C)C(C)C2(C)c2cc(S(=O)(=O)O)ccc21. The molecule has 8 rings (SSSR count). The minimum absolute atomic E-state index is 0.0726. The Labute approximate surface area is 460 Å². The number of allylic oxidation sites excluding steroid dienone is 4. The summed E-state index contributed by atoms with van der Waals surface area (Å²) in [6.07, 6.45) is 7.63. The van der Waals surface area contributed by atoms with Crippen molar-refractivity contribution in [1.29, 1.82) is 0 Å². The molecule has 33 heteroatoms. The predicted octanol–water partition coefficient (Wildman–Crippen LogP) is 4.88. The maximum Gasteiger partial charge on any atom is 0.490 e. The van der Waals surface area contributed by atoms with E-state index in [-0.39, 0.29) is 32.8 Å². The third kappa shape index (κ3) is 12.8. The van der Waals surface area contributed by atoms with Crippen molar-refractivity contribution < 1.29 is 96.7 Å². The van der Waals surface area contributed by atoms with Crippen molar-refractivity contribution in [3.63, 3.8) is 0 Å². The maximum atomic E-state index is 12.9. The van der Waals surface area contributed by atoms with E-state index < -0.39 is 85.7 Å². The highest BCUT2D eigenvalue weighted by atomic mass is 32.2. The van der Waals surface area contributed by atoms with E-state index >= 15 is 0 Å². The first kappa shape index (κ1) is 61.4. The van der Waals surface area contributed by atoms with Crippen LogP contribution in [0.1, 0.15) is 96.4 Å². The summed E-state index contributed by atoms with van der Waals surface area (Å²) in [5.74, 6) is -0.0647. The Hall–Kier alpha value is -4.68. The molecule has 28 nitrogen and oxygen atoms in total. The lowest BCUT2D eigenvalue weighted by Crippen LogP contribution is -2.49. The Morgan fingerprint density at radius 3 is 2.16 bits per heavy atom. The number of fused-ring (bicyclic) bond motifs is 7. The average Bonchev–Trinajstić information content (AvgIpc) is 4.06. The molecule has 80 heavy (non-hydrogen) atoms. The van der Waals surface area contributed by atoms with Crippen molar-refractivity contribution in [3.05, 3.63) is 84.1 Å². The first-order valence-corrected chi connectivity index (χ1v) is 32.8. The zero-order chi connectivity index (χ0) is 58.4. The molecule has 2 aromatic heterocycles. The molecular formula is C47H64N8O20P3S2+. The van der Waals surface area contributed by atoms with E-state index in [9.17, 15) is 64.4 Å². The lowest BCUT2D eigenvalue weighted by molar-refractivity contribution is -0.438. The highest BCUT2D eigenvalue weighted by Crippen LogP contribution is 2.66. The molecule has 10 N–H and O–H groups in total. The molecule has 2 aromatic carbocycles. The number of imidazole rings is 1. The number of carbonyl (C=O) groups excluding carboxylic acids is 1.